The molecule has 0 atom stereocenters. The zero-order valence-electron chi connectivity index (χ0n) is 16.3. The summed E-state index contributed by atoms with van der Waals surface area (Å²) in [6.45, 7) is 4.01. The fourth-order valence-electron chi connectivity index (χ4n) is 3.43. The first-order valence-electron chi connectivity index (χ1n) is 9.43. The van der Waals surface area contributed by atoms with Crippen LogP contribution in [0.25, 0.3) is 0 Å². The van der Waals surface area contributed by atoms with E-state index in [1.165, 1.54) is 5.56 Å². The maximum absolute atomic E-state index is 11.3. The molecule has 2 N–H and O–H groups in total. The van der Waals surface area contributed by atoms with Gasteiger partial charge in [0.25, 0.3) is 0 Å². The summed E-state index contributed by atoms with van der Waals surface area (Å²) in [6.07, 6.45) is 1.48. The van der Waals surface area contributed by atoms with Crippen molar-refractivity contribution in [2.75, 3.05) is 20.2 Å². The van der Waals surface area contributed by atoms with Gasteiger partial charge in [-0.15, -0.1) is 0 Å². The first kappa shape index (κ1) is 20.1. The Labute approximate surface area is 171 Å². The first-order chi connectivity index (χ1) is 13.5. The van der Waals surface area contributed by atoms with Crippen LogP contribution in [0.1, 0.15) is 29.5 Å². The molecule has 2 aromatic carbocycles. The Hall–Kier alpha value is -2.60. The highest BCUT2D eigenvalue weighted by Gasteiger charge is 2.25. The van der Waals surface area contributed by atoms with Crippen molar-refractivity contribution in [1.29, 1.82) is 0 Å². The molecule has 1 heterocycles. The van der Waals surface area contributed by atoms with Crippen LogP contribution in [-0.4, -0.2) is 36.0 Å². The molecule has 0 radical (unpaired) electrons. The highest BCUT2D eigenvalue weighted by Crippen LogP contribution is 2.30. The maximum atomic E-state index is 11.3. The van der Waals surface area contributed by atoms with E-state index in [1.807, 2.05) is 30.3 Å². The van der Waals surface area contributed by atoms with Gasteiger partial charge in [-0.1, -0.05) is 42.0 Å². The molecule has 1 amide bonds. The number of piperidine rings is 1. The predicted molar refractivity (Wildman–Crippen MR) is 114 cm³/mol. The molecule has 0 bridgehead atoms. The zero-order chi connectivity index (χ0) is 20.1. The number of amides is 1. The number of aryl methyl sites for hydroxylation is 1. The lowest BCUT2D eigenvalue weighted by Crippen LogP contribution is -2.41. The number of methoxy groups -OCH3 is 1. The van der Waals surface area contributed by atoms with E-state index in [0.29, 0.717) is 18.1 Å². The number of carbonyl (C=O) groups excluding carboxylic acids is 1. The van der Waals surface area contributed by atoms with Crippen LogP contribution in [0.5, 0.6) is 11.5 Å². The second-order valence-electron chi connectivity index (χ2n) is 7.11. The number of likely N-dealkylation sites (tertiary alicyclic amines) is 1. The second-order valence-corrected chi connectivity index (χ2v) is 7.50. The number of hydrogen-bond acceptors (Lipinski definition) is 4. The van der Waals surface area contributed by atoms with Gasteiger partial charge in [0.1, 0.15) is 11.6 Å². The van der Waals surface area contributed by atoms with Crippen LogP contribution in [0, 0.1) is 12.8 Å². The number of benzene rings is 2. The molecule has 0 saturated carbocycles. The smallest absolute Gasteiger partial charge is 0.220 e. The van der Waals surface area contributed by atoms with E-state index in [4.69, 9.17) is 27.4 Å². The molecule has 28 heavy (non-hydrogen) atoms. The fraction of sp³-hybridized carbons (Fsp3) is 0.364. The van der Waals surface area contributed by atoms with Crippen molar-refractivity contribution in [1.82, 2.24) is 4.90 Å². The monoisotopic (exact) mass is 398 g/mol. The summed E-state index contributed by atoms with van der Waals surface area (Å²) in [5, 5.41) is 0. The molecule has 0 spiro atoms. The number of primary amides is 1. The third-order valence-electron chi connectivity index (χ3n) is 5.07. The Morgan fingerprint density at radius 1 is 1.18 bits per heavy atom. The van der Waals surface area contributed by atoms with Gasteiger partial charge in [-0.2, -0.15) is 0 Å². The first-order valence-corrected chi connectivity index (χ1v) is 9.83. The Morgan fingerprint density at radius 3 is 2.57 bits per heavy atom. The van der Waals surface area contributed by atoms with E-state index >= 15 is 0 Å². The lowest BCUT2D eigenvalue weighted by atomic mass is 9.96. The maximum Gasteiger partial charge on any atom is 0.220 e. The highest BCUT2D eigenvalue weighted by atomic mass is 32.1. The molecule has 6 heteroatoms. The van der Waals surface area contributed by atoms with Gasteiger partial charge in [0.2, 0.25) is 5.91 Å². The van der Waals surface area contributed by atoms with Crippen molar-refractivity contribution in [2.45, 2.75) is 26.4 Å². The number of carbonyl (C=O) groups is 1. The molecule has 0 aliphatic carbocycles. The Kier molecular flexibility index (Phi) is 6.52. The van der Waals surface area contributed by atoms with Crippen molar-refractivity contribution in [3.63, 3.8) is 0 Å². The van der Waals surface area contributed by atoms with Crippen LogP contribution in [0.4, 0.5) is 0 Å². The molecular formula is C22H26N2O3S. The third-order valence-corrected chi connectivity index (χ3v) is 5.57. The fourth-order valence-corrected chi connectivity index (χ4v) is 3.74. The average molecular weight is 399 g/mol. The van der Waals surface area contributed by atoms with E-state index in [2.05, 4.69) is 24.0 Å². The van der Waals surface area contributed by atoms with Crippen LogP contribution in [-0.2, 0) is 11.4 Å². The van der Waals surface area contributed by atoms with Gasteiger partial charge in [0.05, 0.1) is 7.11 Å². The van der Waals surface area contributed by atoms with Crippen LogP contribution >= 0.6 is 12.2 Å². The minimum Gasteiger partial charge on any atom is -0.493 e. The molecule has 3 rings (SSSR count). The van der Waals surface area contributed by atoms with E-state index in [1.54, 1.807) is 7.11 Å². The average Bonchev–Trinajstić information content (AvgIpc) is 2.71. The van der Waals surface area contributed by atoms with Gasteiger partial charge in [0, 0.05) is 24.6 Å². The van der Waals surface area contributed by atoms with Crippen LogP contribution < -0.4 is 15.2 Å². The second kappa shape index (κ2) is 9.06. The summed E-state index contributed by atoms with van der Waals surface area (Å²) in [5.74, 6) is 1.07. The summed E-state index contributed by atoms with van der Waals surface area (Å²) in [4.78, 5) is 14.2. The van der Waals surface area contributed by atoms with Gasteiger partial charge >= 0.3 is 0 Å². The van der Waals surface area contributed by atoms with Gasteiger partial charge in [-0.05, 0) is 43.5 Å². The van der Waals surface area contributed by atoms with Gasteiger partial charge in [0.15, 0.2) is 11.5 Å². The van der Waals surface area contributed by atoms with E-state index in [0.717, 1.165) is 42.0 Å². The molecule has 148 valence electrons. The summed E-state index contributed by atoms with van der Waals surface area (Å²) < 4.78 is 11.5. The number of rotatable bonds is 6. The van der Waals surface area contributed by atoms with Gasteiger partial charge in [-0.25, -0.2) is 0 Å². The van der Waals surface area contributed by atoms with Gasteiger partial charge in [-0.3, -0.25) is 4.79 Å². The molecule has 1 aliphatic heterocycles. The SMILES string of the molecule is COc1cc(C(=S)N2CCC(C(N)=O)CC2)ccc1OCc1cccc(C)c1. The van der Waals surface area contributed by atoms with Crippen molar-refractivity contribution in [2.24, 2.45) is 11.7 Å². The van der Waals surface area contributed by atoms with Crippen molar-refractivity contribution >= 4 is 23.1 Å². The summed E-state index contributed by atoms with van der Waals surface area (Å²) in [7, 11) is 1.63. The molecule has 0 unspecified atom stereocenters. The topological polar surface area (TPSA) is 64.8 Å². The number of nitrogens with two attached hydrogens (primary N) is 1. The van der Waals surface area contributed by atoms with Crippen molar-refractivity contribution < 1.29 is 14.3 Å². The van der Waals surface area contributed by atoms with Crippen LogP contribution in [0.3, 0.4) is 0 Å². The van der Waals surface area contributed by atoms with Gasteiger partial charge < -0.3 is 20.1 Å². The largest absolute Gasteiger partial charge is 0.493 e. The minimum atomic E-state index is -0.220. The quantitative estimate of drug-likeness (QED) is 0.755. The molecule has 1 saturated heterocycles. The summed E-state index contributed by atoms with van der Waals surface area (Å²) >= 11 is 5.66. The summed E-state index contributed by atoms with van der Waals surface area (Å²) in [5.41, 5.74) is 8.63. The number of ether oxygens (including phenoxy) is 2. The lowest BCUT2D eigenvalue weighted by Gasteiger charge is -2.32. The Balaban J connectivity index is 1.67. The Morgan fingerprint density at radius 2 is 1.93 bits per heavy atom. The molecule has 2 aromatic rings. The standard InChI is InChI=1S/C22H26N2O3S/c1-15-4-3-5-16(12-15)14-27-19-7-6-18(13-20(19)26-2)22(28)24-10-8-17(9-11-24)21(23)25/h3-7,12-13,17H,8-11,14H2,1-2H3,(H2,23,25). The zero-order valence-corrected chi connectivity index (χ0v) is 17.1. The van der Waals surface area contributed by atoms with Crippen molar-refractivity contribution in [3.8, 4) is 11.5 Å². The number of thiocarbonyl (C=S) groups is 1. The molecular weight excluding hydrogens is 372 g/mol. The molecule has 1 aliphatic rings. The summed E-state index contributed by atoms with van der Waals surface area (Å²) in [6, 6.07) is 14.0. The van der Waals surface area contributed by atoms with Crippen LogP contribution in [0.15, 0.2) is 42.5 Å². The van der Waals surface area contributed by atoms with E-state index < -0.39 is 0 Å². The number of hydrogen-bond donors (Lipinski definition) is 1. The third kappa shape index (κ3) is 4.81. The highest BCUT2D eigenvalue weighted by molar-refractivity contribution is 7.80. The predicted octanol–water partition coefficient (Wildman–Crippen LogP) is 3.46. The number of nitrogens with zero attached hydrogens (tertiary/aromatic N) is 1. The Bertz CT molecular complexity index is 861. The lowest BCUT2D eigenvalue weighted by molar-refractivity contribution is -0.122. The van der Waals surface area contributed by atoms with E-state index in [9.17, 15) is 4.79 Å². The van der Waals surface area contributed by atoms with Crippen LogP contribution in [0.2, 0.25) is 0 Å². The van der Waals surface area contributed by atoms with E-state index in [-0.39, 0.29) is 11.8 Å². The normalized spacial score (nSPS) is 14.6. The molecule has 5 nitrogen and oxygen atoms in total. The van der Waals surface area contributed by atoms with Crippen molar-refractivity contribution in [3.05, 3.63) is 59.2 Å². The minimum absolute atomic E-state index is 0.0500. The molecule has 0 aromatic heterocycles. The molecule has 1 fully saturated rings.